The molecule has 0 amide bonds. The second-order valence-electron chi connectivity index (χ2n) is 3.92. The molecule has 0 bridgehead atoms. The summed E-state index contributed by atoms with van der Waals surface area (Å²) in [6, 6.07) is 19.1. The van der Waals surface area contributed by atoms with Crippen molar-refractivity contribution < 1.29 is 0 Å². The van der Waals surface area contributed by atoms with Gasteiger partial charge >= 0.3 is 0 Å². The van der Waals surface area contributed by atoms with Crippen LogP contribution in [0.3, 0.4) is 0 Å². The van der Waals surface area contributed by atoms with E-state index in [1.54, 1.807) is 0 Å². The Balaban J connectivity index is 2.33. The Morgan fingerprint density at radius 2 is 1.38 bits per heavy atom. The van der Waals surface area contributed by atoms with Crippen LogP contribution in [0.25, 0.3) is 0 Å². The maximum atomic E-state index is 2.30. The van der Waals surface area contributed by atoms with Crippen LogP contribution in [0.4, 0.5) is 11.4 Å². The number of anilines is 2. The average molecular weight is 211 g/mol. The van der Waals surface area contributed by atoms with Crippen molar-refractivity contribution in [1.82, 2.24) is 0 Å². The number of nitrogens with zero attached hydrogens (tertiary/aromatic N) is 1. The molecule has 0 radical (unpaired) electrons. The molecule has 16 heavy (non-hydrogen) atoms. The third-order valence-electron chi connectivity index (χ3n) is 2.73. The maximum absolute atomic E-state index is 2.30. The minimum Gasteiger partial charge on any atom is -0.342 e. The SMILES string of the molecule is CCN(c1ccccc1)c1ccc(C)cc1. The van der Waals surface area contributed by atoms with E-state index in [4.69, 9.17) is 0 Å². The zero-order valence-corrected chi connectivity index (χ0v) is 9.85. The number of aryl methyl sites for hydroxylation is 1. The first-order valence-electron chi connectivity index (χ1n) is 5.70. The Labute approximate surface area is 97.3 Å². The summed E-state index contributed by atoms with van der Waals surface area (Å²) in [5.41, 5.74) is 3.79. The molecule has 0 aliphatic carbocycles. The first kappa shape index (κ1) is 10.7. The van der Waals surface area contributed by atoms with Crippen molar-refractivity contribution >= 4 is 11.4 Å². The molecule has 1 heteroatoms. The number of hydrogen-bond acceptors (Lipinski definition) is 1. The lowest BCUT2D eigenvalue weighted by atomic mass is 10.2. The lowest BCUT2D eigenvalue weighted by molar-refractivity contribution is 1.02. The van der Waals surface area contributed by atoms with Gasteiger partial charge in [-0.25, -0.2) is 0 Å². The van der Waals surface area contributed by atoms with E-state index >= 15 is 0 Å². The summed E-state index contributed by atoms with van der Waals surface area (Å²) in [6.45, 7) is 5.27. The highest BCUT2D eigenvalue weighted by Gasteiger charge is 2.05. The molecular weight excluding hydrogens is 194 g/mol. The van der Waals surface area contributed by atoms with Crippen molar-refractivity contribution in [2.75, 3.05) is 11.4 Å². The summed E-state index contributed by atoms with van der Waals surface area (Å²) in [5, 5.41) is 0. The van der Waals surface area contributed by atoms with E-state index in [0.29, 0.717) is 0 Å². The van der Waals surface area contributed by atoms with E-state index < -0.39 is 0 Å². The zero-order valence-electron chi connectivity index (χ0n) is 9.85. The van der Waals surface area contributed by atoms with Crippen molar-refractivity contribution in [2.24, 2.45) is 0 Å². The predicted octanol–water partition coefficient (Wildman–Crippen LogP) is 4.15. The molecule has 0 saturated heterocycles. The number of rotatable bonds is 3. The van der Waals surface area contributed by atoms with Crippen LogP contribution in [0.15, 0.2) is 54.6 Å². The predicted molar refractivity (Wildman–Crippen MR) is 70.3 cm³/mol. The molecule has 0 N–H and O–H groups in total. The topological polar surface area (TPSA) is 3.24 Å². The van der Waals surface area contributed by atoms with Crippen LogP contribution in [0.5, 0.6) is 0 Å². The van der Waals surface area contributed by atoms with Crippen molar-refractivity contribution in [3.8, 4) is 0 Å². The van der Waals surface area contributed by atoms with Crippen molar-refractivity contribution in [1.29, 1.82) is 0 Å². The minimum atomic E-state index is 0.979. The number of hydrogen-bond donors (Lipinski definition) is 0. The molecule has 0 heterocycles. The van der Waals surface area contributed by atoms with Crippen molar-refractivity contribution in [3.63, 3.8) is 0 Å². The Morgan fingerprint density at radius 3 is 1.94 bits per heavy atom. The Bertz CT molecular complexity index is 431. The van der Waals surface area contributed by atoms with Gasteiger partial charge in [0, 0.05) is 17.9 Å². The average Bonchev–Trinajstić information content (AvgIpc) is 2.34. The van der Waals surface area contributed by atoms with Crippen LogP contribution < -0.4 is 4.90 Å². The quantitative estimate of drug-likeness (QED) is 0.737. The molecule has 0 unspecified atom stereocenters. The normalized spacial score (nSPS) is 10.1. The van der Waals surface area contributed by atoms with Gasteiger partial charge < -0.3 is 4.90 Å². The van der Waals surface area contributed by atoms with E-state index in [1.165, 1.54) is 16.9 Å². The molecule has 0 aliphatic heterocycles. The summed E-state index contributed by atoms with van der Waals surface area (Å²) in [6.07, 6.45) is 0. The fraction of sp³-hybridized carbons (Fsp3) is 0.200. The summed E-state index contributed by atoms with van der Waals surface area (Å²) in [4.78, 5) is 2.30. The van der Waals surface area contributed by atoms with Gasteiger partial charge in [-0.1, -0.05) is 35.9 Å². The maximum Gasteiger partial charge on any atom is 0.0410 e. The highest BCUT2D eigenvalue weighted by atomic mass is 15.1. The lowest BCUT2D eigenvalue weighted by Gasteiger charge is -2.23. The molecule has 0 aromatic heterocycles. The Morgan fingerprint density at radius 1 is 0.812 bits per heavy atom. The third-order valence-corrected chi connectivity index (χ3v) is 2.73. The molecule has 2 aromatic rings. The van der Waals surface area contributed by atoms with Gasteiger partial charge in [0.1, 0.15) is 0 Å². The van der Waals surface area contributed by atoms with Crippen LogP contribution in [0, 0.1) is 6.92 Å². The molecule has 1 nitrogen and oxygen atoms in total. The first-order chi connectivity index (χ1) is 7.81. The second kappa shape index (κ2) is 4.84. The molecular formula is C15H17N. The zero-order chi connectivity index (χ0) is 11.4. The van der Waals surface area contributed by atoms with Gasteiger partial charge in [0.05, 0.1) is 0 Å². The van der Waals surface area contributed by atoms with Gasteiger partial charge in [0.15, 0.2) is 0 Å². The van der Waals surface area contributed by atoms with Crippen LogP contribution >= 0.6 is 0 Å². The van der Waals surface area contributed by atoms with Crippen LogP contribution in [-0.4, -0.2) is 6.54 Å². The van der Waals surface area contributed by atoms with Gasteiger partial charge in [-0.2, -0.15) is 0 Å². The summed E-state index contributed by atoms with van der Waals surface area (Å²) in [7, 11) is 0. The first-order valence-corrected chi connectivity index (χ1v) is 5.70. The Hall–Kier alpha value is -1.76. The van der Waals surface area contributed by atoms with Crippen LogP contribution in [0.2, 0.25) is 0 Å². The molecule has 0 aliphatic rings. The smallest absolute Gasteiger partial charge is 0.0410 e. The molecule has 2 rings (SSSR count). The summed E-state index contributed by atoms with van der Waals surface area (Å²) in [5.74, 6) is 0. The highest BCUT2D eigenvalue weighted by molar-refractivity contribution is 5.63. The van der Waals surface area contributed by atoms with E-state index in [1.807, 2.05) is 6.07 Å². The van der Waals surface area contributed by atoms with Gasteiger partial charge in [0.25, 0.3) is 0 Å². The fourth-order valence-electron chi connectivity index (χ4n) is 1.85. The standard InChI is InChI=1S/C15H17N/c1-3-16(14-7-5-4-6-8-14)15-11-9-13(2)10-12-15/h4-12H,3H2,1-2H3. The summed E-state index contributed by atoms with van der Waals surface area (Å²) < 4.78 is 0. The minimum absolute atomic E-state index is 0.979. The monoisotopic (exact) mass is 211 g/mol. The second-order valence-corrected chi connectivity index (χ2v) is 3.92. The molecule has 0 saturated carbocycles. The Kier molecular flexibility index (Phi) is 3.25. The van der Waals surface area contributed by atoms with Gasteiger partial charge in [-0.05, 0) is 38.1 Å². The fourth-order valence-corrected chi connectivity index (χ4v) is 1.85. The van der Waals surface area contributed by atoms with Gasteiger partial charge in [0.2, 0.25) is 0 Å². The number of para-hydroxylation sites is 1. The van der Waals surface area contributed by atoms with Crippen molar-refractivity contribution in [2.45, 2.75) is 13.8 Å². The molecule has 2 aromatic carbocycles. The molecule has 82 valence electrons. The number of benzene rings is 2. The largest absolute Gasteiger partial charge is 0.342 e. The van der Waals surface area contributed by atoms with Gasteiger partial charge in [-0.15, -0.1) is 0 Å². The molecule has 0 fully saturated rings. The highest BCUT2D eigenvalue weighted by Crippen LogP contribution is 2.24. The van der Waals surface area contributed by atoms with Crippen LogP contribution in [0.1, 0.15) is 12.5 Å². The van der Waals surface area contributed by atoms with Crippen molar-refractivity contribution in [3.05, 3.63) is 60.2 Å². The van der Waals surface area contributed by atoms with Crippen LogP contribution in [-0.2, 0) is 0 Å². The molecule has 0 spiro atoms. The van der Waals surface area contributed by atoms with Gasteiger partial charge in [-0.3, -0.25) is 0 Å². The molecule has 0 atom stereocenters. The van der Waals surface area contributed by atoms with E-state index in [9.17, 15) is 0 Å². The lowest BCUT2D eigenvalue weighted by Crippen LogP contribution is -2.15. The van der Waals surface area contributed by atoms with E-state index in [-0.39, 0.29) is 0 Å². The third kappa shape index (κ3) is 2.25. The summed E-state index contributed by atoms with van der Waals surface area (Å²) >= 11 is 0. The van der Waals surface area contributed by atoms with E-state index in [2.05, 4.69) is 67.3 Å². The van der Waals surface area contributed by atoms with E-state index in [0.717, 1.165) is 6.54 Å².